The van der Waals surface area contributed by atoms with Gasteiger partial charge in [0.15, 0.2) is 23.2 Å². The third-order valence-electron chi connectivity index (χ3n) is 2.02. The zero-order chi connectivity index (χ0) is 11.4. The van der Waals surface area contributed by atoms with Crippen molar-refractivity contribution in [2.24, 2.45) is 0 Å². The highest BCUT2D eigenvalue weighted by Gasteiger charge is 2.18. The number of aliphatic hydroxyl groups excluding tert-OH is 1. The lowest BCUT2D eigenvalue weighted by atomic mass is 10.1. The molecule has 5 heteroatoms. The van der Waals surface area contributed by atoms with Gasteiger partial charge in [-0.1, -0.05) is 0 Å². The first-order valence-electron chi connectivity index (χ1n) is 4.43. The van der Waals surface area contributed by atoms with Crippen LogP contribution in [0.5, 0.6) is 5.75 Å². The lowest BCUT2D eigenvalue weighted by Crippen LogP contribution is -2.03. The van der Waals surface area contributed by atoms with Crippen LogP contribution in [0.4, 0.5) is 13.2 Å². The van der Waals surface area contributed by atoms with Gasteiger partial charge in [-0.25, -0.2) is 13.2 Å². The second kappa shape index (κ2) is 5.02. The summed E-state index contributed by atoms with van der Waals surface area (Å²) in [5.74, 6) is -3.62. The Balaban J connectivity index is 3.15. The molecule has 1 N–H and O–H groups in total. The van der Waals surface area contributed by atoms with E-state index in [4.69, 9.17) is 5.11 Å². The van der Waals surface area contributed by atoms with Crippen molar-refractivity contribution in [2.45, 2.75) is 12.8 Å². The first-order chi connectivity index (χ1) is 7.11. The molecule has 0 atom stereocenters. The molecule has 0 aliphatic carbocycles. The Morgan fingerprint density at radius 2 is 1.93 bits per heavy atom. The van der Waals surface area contributed by atoms with Crippen molar-refractivity contribution in [3.05, 3.63) is 29.1 Å². The molecule has 0 unspecified atom stereocenters. The van der Waals surface area contributed by atoms with E-state index in [9.17, 15) is 13.2 Å². The van der Waals surface area contributed by atoms with E-state index < -0.39 is 17.5 Å². The van der Waals surface area contributed by atoms with E-state index in [1.54, 1.807) is 0 Å². The predicted molar refractivity (Wildman–Crippen MR) is 48.3 cm³/mol. The Hall–Kier alpha value is -1.23. The van der Waals surface area contributed by atoms with E-state index in [0.717, 1.165) is 0 Å². The molecule has 0 aromatic heterocycles. The van der Waals surface area contributed by atoms with Crippen molar-refractivity contribution in [1.29, 1.82) is 0 Å². The molecule has 0 aliphatic rings. The Morgan fingerprint density at radius 3 is 2.47 bits per heavy atom. The molecular weight excluding hydrogens is 209 g/mol. The van der Waals surface area contributed by atoms with E-state index in [1.807, 2.05) is 0 Å². The molecule has 0 bridgehead atoms. The number of aliphatic hydroxyl groups is 1. The summed E-state index contributed by atoms with van der Waals surface area (Å²) in [7, 11) is 1.17. The SMILES string of the molecule is COc1cc(F)c(F)c(CCCO)c1F. The van der Waals surface area contributed by atoms with Gasteiger partial charge in [0.1, 0.15) is 0 Å². The van der Waals surface area contributed by atoms with Crippen molar-refractivity contribution in [2.75, 3.05) is 13.7 Å². The quantitative estimate of drug-likeness (QED) is 0.787. The second-order valence-corrected chi connectivity index (χ2v) is 2.99. The third-order valence-corrected chi connectivity index (χ3v) is 2.02. The van der Waals surface area contributed by atoms with Gasteiger partial charge in [0.05, 0.1) is 7.11 Å². The van der Waals surface area contributed by atoms with Gasteiger partial charge in [-0.3, -0.25) is 0 Å². The highest BCUT2D eigenvalue weighted by atomic mass is 19.2. The molecule has 0 saturated carbocycles. The fourth-order valence-electron chi connectivity index (χ4n) is 1.25. The Bertz CT molecular complexity index is 353. The van der Waals surface area contributed by atoms with Crippen molar-refractivity contribution < 1.29 is 23.0 Å². The minimum Gasteiger partial charge on any atom is -0.494 e. The molecule has 1 aromatic carbocycles. The highest BCUT2D eigenvalue weighted by molar-refractivity contribution is 5.33. The number of ether oxygens (including phenoxy) is 1. The highest BCUT2D eigenvalue weighted by Crippen LogP contribution is 2.26. The molecular formula is C10H11F3O2. The normalized spacial score (nSPS) is 10.5. The number of benzene rings is 1. The minimum absolute atomic E-state index is 0.0672. The first kappa shape index (κ1) is 11.8. The summed E-state index contributed by atoms with van der Waals surface area (Å²) in [6.07, 6.45) is 0.0999. The van der Waals surface area contributed by atoms with Crippen LogP contribution >= 0.6 is 0 Å². The van der Waals surface area contributed by atoms with Crippen molar-refractivity contribution in [1.82, 2.24) is 0 Å². The molecule has 15 heavy (non-hydrogen) atoms. The molecule has 0 heterocycles. The zero-order valence-corrected chi connectivity index (χ0v) is 8.19. The van der Waals surface area contributed by atoms with Crippen LogP contribution in [0.2, 0.25) is 0 Å². The smallest absolute Gasteiger partial charge is 0.171 e. The van der Waals surface area contributed by atoms with Gasteiger partial charge in [-0.05, 0) is 12.8 Å². The lowest BCUT2D eigenvalue weighted by Gasteiger charge is -2.09. The maximum Gasteiger partial charge on any atom is 0.171 e. The molecule has 1 rings (SSSR count). The Kier molecular flexibility index (Phi) is 3.96. The molecule has 0 radical (unpaired) electrons. The maximum absolute atomic E-state index is 13.4. The van der Waals surface area contributed by atoms with Gasteiger partial charge in [0.2, 0.25) is 0 Å². The number of methoxy groups -OCH3 is 1. The van der Waals surface area contributed by atoms with Gasteiger partial charge in [-0.2, -0.15) is 0 Å². The van der Waals surface area contributed by atoms with Gasteiger partial charge in [0.25, 0.3) is 0 Å². The lowest BCUT2D eigenvalue weighted by molar-refractivity contribution is 0.286. The minimum atomic E-state index is -1.22. The Labute approximate surface area is 85.3 Å². The average Bonchev–Trinajstić information content (AvgIpc) is 2.23. The third kappa shape index (κ3) is 2.41. The molecule has 0 fully saturated rings. The molecule has 1 aromatic rings. The van der Waals surface area contributed by atoms with E-state index in [1.165, 1.54) is 7.11 Å². The van der Waals surface area contributed by atoms with Crippen LogP contribution < -0.4 is 4.74 Å². The van der Waals surface area contributed by atoms with Crippen LogP contribution in [0.1, 0.15) is 12.0 Å². The molecule has 0 aliphatic heterocycles. The van der Waals surface area contributed by atoms with Gasteiger partial charge in [-0.15, -0.1) is 0 Å². The van der Waals surface area contributed by atoms with Crippen molar-refractivity contribution in [3.8, 4) is 5.75 Å². The van der Waals surface area contributed by atoms with Crippen molar-refractivity contribution in [3.63, 3.8) is 0 Å². The number of rotatable bonds is 4. The van der Waals surface area contributed by atoms with Crippen LogP contribution in [0.3, 0.4) is 0 Å². The topological polar surface area (TPSA) is 29.5 Å². The molecule has 84 valence electrons. The van der Waals surface area contributed by atoms with E-state index in [2.05, 4.69) is 4.74 Å². The van der Waals surface area contributed by atoms with E-state index in [-0.39, 0.29) is 30.8 Å². The maximum atomic E-state index is 13.4. The number of hydrogen-bond acceptors (Lipinski definition) is 2. The van der Waals surface area contributed by atoms with Gasteiger partial charge >= 0.3 is 0 Å². The summed E-state index contributed by atoms with van der Waals surface area (Å²) in [4.78, 5) is 0. The Morgan fingerprint density at radius 1 is 1.27 bits per heavy atom. The van der Waals surface area contributed by atoms with Gasteiger partial charge in [0, 0.05) is 18.2 Å². The molecule has 0 saturated heterocycles. The number of halogens is 3. The zero-order valence-electron chi connectivity index (χ0n) is 8.19. The summed E-state index contributed by atoms with van der Waals surface area (Å²) >= 11 is 0. The van der Waals surface area contributed by atoms with Crippen molar-refractivity contribution >= 4 is 0 Å². The van der Waals surface area contributed by atoms with E-state index in [0.29, 0.717) is 6.07 Å². The summed E-state index contributed by atoms with van der Waals surface area (Å²) in [6, 6.07) is 0.660. The van der Waals surface area contributed by atoms with E-state index >= 15 is 0 Å². The van der Waals surface area contributed by atoms with Crippen LogP contribution in [0.15, 0.2) is 6.07 Å². The van der Waals surface area contributed by atoms with Crippen LogP contribution in [-0.2, 0) is 6.42 Å². The average molecular weight is 220 g/mol. The summed E-state index contributed by atoms with van der Waals surface area (Å²) < 4.78 is 44.1. The fraction of sp³-hybridized carbons (Fsp3) is 0.400. The second-order valence-electron chi connectivity index (χ2n) is 2.99. The fourth-order valence-corrected chi connectivity index (χ4v) is 1.25. The summed E-state index contributed by atoms with van der Waals surface area (Å²) in [5.41, 5.74) is -0.388. The summed E-state index contributed by atoms with van der Waals surface area (Å²) in [6.45, 7) is -0.211. The number of hydrogen-bond donors (Lipinski definition) is 1. The van der Waals surface area contributed by atoms with Gasteiger partial charge < -0.3 is 9.84 Å². The van der Waals surface area contributed by atoms with Crippen LogP contribution in [-0.4, -0.2) is 18.8 Å². The summed E-state index contributed by atoms with van der Waals surface area (Å²) in [5, 5.41) is 8.54. The molecule has 0 amide bonds. The van der Waals surface area contributed by atoms with Crippen LogP contribution in [0, 0.1) is 17.5 Å². The largest absolute Gasteiger partial charge is 0.494 e. The molecule has 2 nitrogen and oxygen atoms in total. The van der Waals surface area contributed by atoms with Crippen LogP contribution in [0.25, 0.3) is 0 Å². The molecule has 0 spiro atoms. The monoisotopic (exact) mass is 220 g/mol. The standard InChI is InChI=1S/C10H11F3O2/c1-15-8-5-7(11)9(12)6(10(8)13)3-2-4-14/h5,14H,2-4H2,1H3. The predicted octanol–water partition coefficient (Wildman–Crippen LogP) is 2.04. The first-order valence-corrected chi connectivity index (χ1v) is 4.43.